The van der Waals surface area contributed by atoms with Crippen LogP contribution in [0.1, 0.15) is 44.4 Å². The first-order valence-corrected chi connectivity index (χ1v) is 7.22. The van der Waals surface area contributed by atoms with Crippen molar-refractivity contribution in [1.82, 2.24) is 5.32 Å². The van der Waals surface area contributed by atoms with Gasteiger partial charge in [0, 0.05) is 6.04 Å². The highest BCUT2D eigenvalue weighted by atomic mass is 16.5. The average Bonchev–Trinajstić information content (AvgIpc) is 2.38. The molecule has 1 aliphatic rings. The number of rotatable bonds is 5. The fourth-order valence-electron chi connectivity index (χ4n) is 2.76. The van der Waals surface area contributed by atoms with Crippen LogP contribution in [0.25, 0.3) is 0 Å². The van der Waals surface area contributed by atoms with Crippen LogP contribution in [-0.4, -0.2) is 20.3 Å². The van der Waals surface area contributed by atoms with Crippen LogP contribution >= 0.6 is 0 Å². The summed E-state index contributed by atoms with van der Waals surface area (Å²) >= 11 is 0. The number of hydrogen-bond donors (Lipinski definition) is 1. The normalized spacial score (nSPS) is 18.3. The molecule has 1 aromatic rings. The van der Waals surface area contributed by atoms with E-state index in [2.05, 4.69) is 31.3 Å². The summed E-state index contributed by atoms with van der Waals surface area (Å²) in [5, 5.41) is 3.62. The summed E-state index contributed by atoms with van der Waals surface area (Å²) in [5.74, 6) is 2.40. The predicted molar refractivity (Wildman–Crippen MR) is 78.1 cm³/mol. The van der Waals surface area contributed by atoms with Crippen molar-refractivity contribution in [3.05, 3.63) is 23.3 Å². The van der Waals surface area contributed by atoms with E-state index in [9.17, 15) is 0 Å². The van der Waals surface area contributed by atoms with E-state index in [4.69, 9.17) is 9.47 Å². The lowest BCUT2D eigenvalue weighted by atomic mass is 9.89. The Morgan fingerprint density at radius 1 is 1.32 bits per heavy atom. The van der Waals surface area contributed by atoms with E-state index in [1.165, 1.54) is 11.1 Å². The summed E-state index contributed by atoms with van der Waals surface area (Å²) in [5.41, 5.74) is 2.77. The van der Waals surface area contributed by atoms with Gasteiger partial charge in [-0.3, -0.25) is 0 Å². The molecule has 1 heterocycles. The van der Waals surface area contributed by atoms with Crippen molar-refractivity contribution in [1.29, 1.82) is 0 Å². The molecule has 3 nitrogen and oxygen atoms in total. The minimum Gasteiger partial charge on any atom is -0.493 e. The van der Waals surface area contributed by atoms with Gasteiger partial charge in [0.15, 0.2) is 11.5 Å². The molecule has 0 amide bonds. The zero-order valence-corrected chi connectivity index (χ0v) is 12.5. The van der Waals surface area contributed by atoms with Crippen LogP contribution in [-0.2, 0) is 6.42 Å². The van der Waals surface area contributed by atoms with Crippen LogP contribution in [0, 0.1) is 5.92 Å². The van der Waals surface area contributed by atoms with E-state index in [-0.39, 0.29) is 0 Å². The molecule has 3 heteroatoms. The summed E-state index contributed by atoms with van der Waals surface area (Å²) in [6.07, 6.45) is 2.22. The number of methoxy groups -OCH3 is 1. The summed E-state index contributed by atoms with van der Waals surface area (Å²) in [4.78, 5) is 0. The Labute approximate surface area is 116 Å². The topological polar surface area (TPSA) is 30.5 Å². The highest BCUT2D eigenvalue weighted by Gasteiger charge is 2.23. The van der Waals surface area contributed by atoms with Crippen LogP contribution in [0.3, 0.4) is 0 Å². The molecular weight excluding hydrogens is 238 g/mol. The lowest BCUT2D eigenvalue weighted by Gasteiger charge is -2.29. The third kappa shape index (κ3) is 3.21. The van der Waals surface area contributed by atoms with Crippen molar-refractivity contribution in [2.45, 2.75) is 39.7 Å². The van der Waals surface area contributed by atoms with Crippen molar-refractivity contribution in [2.24, 2.45) is 5.92 Å². The summed E-state index contributed by atoms with van der Waals surface area (Å²) < 4.78 is 11.1. The van der Waals surface area contributed by atoms with Gasteiger partial charge in [0.2, 0.25) is 0 Å². The summed E-state index contributed by atoms with van der Waals surface area (Å²) in [6, 6.07) is 4.75. The van der Waals surface area contributed by atoms with Crippen LogP contribution in [0.2, 0.25) is 0 Å². The first-order valence-electron chi connectivity index (χ1n) is 7.22. The molecule has 1 atom stereocenters. The van der Waals surface area contributed by atoms with Crippen molar-refractivity contribution in [3.63, 3.8) is 0 Å². The smallest absolute Gasteiger partial charge is 0.161 e. The quantitative estimate of drug-likeness (QED) is 0.884. The first-order chi connectivity index (χ1) is 9.15. The first kappa shape index (κ1) is 14.2. The second-order valence-corrected chi connectivity index (χ2v) is 5.52. The number of nitrogens with one attached hydrogen (secondary N) is 1. The van der Waals surface area contributed by atoms with Crippen molar-refractivity contribution >= 4 is 0 Å². The average molecular weight is 263 g/mol. The predicted octanol–water partition coefficient (Wildman–Crippen LogP) is 3.33. The Bertz CT molecular complexity index is 429. The largest absolute Gasteiger partial charge is 0.493 e. The van der Waals surface area contributed by atoms with Gasteiger partial charge in [-0.05, 0) is 55.5 Å². The number of fused-ring (bicyclic) bond motifs is 1. The summed E-state index contributed by atoms with van der Waals surface area (Å²) in [7, 11) is 1.71. The van der Waals surface area contributed by atoms with E-state index < -0.39 is 0 Å². The standard InChI is InChI=1S/C16H25NO2/c1-5-19-16-10-13-12(9-15(16)18-4)6-7-17-14(13)8-11(2)3/h9-11,14,17H,5-8H2,1-4H3. The van der Waals surface area contributed by atoms with Crippen LogP contribution < -0.4 is 14.8 Å². The van der Waals surface area contributed by atoms with Crippen LogP contribution in [0.4, 0.5) is 0 Å². The van der Waals surface area contributed by atoms with Crippen LogP contribution in [0.5, 0.6) is 11.5 Å². The van der Waals surface area contributed by atoms with E-state index in [0.29, 0.717) is 18.6 Å². The minimum absolute atomic E-state index is 0.439. The number of hydrogen-bond acceptors (Lipinski definition) is 3. The molecule has 1 aromatic carbocycles. The molecule has 1 aliphatic heterocycles. The maximum atomic E-state index is 5.69. The second-order valence-electron chi connectivity index (χ2n) is 5.52. The van der Waals surface area contributed by atoms with E-state index in [1.807, 2.05) is 6.92 Å². The molecule has 0 radical (unpaired) electrons. The third-order valence-corrected chi connectivity index (χ3v) is 3.59. The maximum absolute atomic E-state index is 5.69. The molecule has 0 fully saturated rings. The van der Waals surface area contributed by atoms with E-state index in [1.54, 1.807) is 7.11 Å². The Hall–Kier alpha value is -1.22. The van der Waals surface area contributed by atoms with Crippen molar-refractivity contribution < 1.29 is 9.47 Å². The van der Waals surface area contributed by atoms with Gasteiger partial charge in [0.1, 0.15) is 0 Å². The molecule has 0 aromatic heterocycles. The third-order valence-electron chi connectivity index (χ3n) is 3.59. The van der Waals surface area contributed by atoms with E-state index >= 15 is 0 Å². The van der Waals surface area contributed by atoms with Gasteiger partial charge in [-0.1, -0.05) is 13.8 Å². The number of benzene rings is 1. The molecule has 0 saturated carbocycles. The molecule has 1 unspecified atom stereocenters. The van der Waals surface area contributed by atoms with Gasteiger partial charge in [-0.15, -0.1) is 0 Å². The minimum atomic E-state index is 0.439. The molecule has 1 N–H and O–H groups in total. The molecule has 0 bridgehead atoms. The Balaban J connectivity index is 2.35. The van der Waals surface area contributed by atoms with Gasteiger partial charge in [-0.2, -0.15) is 0 Å². The van der Waals surface area contributed by atoms with Gasteiger partial charge < -0.3 is 14.8 Å². The summed E-state index contributed by atoms with van der Waals surface area (Å²) in [6.45, 7) is 8.24. The monoisotopic (exact) mass is 263 g/mol. The molecular formula is C16H25NO2. The van der Waals surface area contributed by atoms with Gasteiger partial charge in [0.25, 0.3) is 0 Å². The van der Waals surface area contributed by atoms with Crippen LogP contribution in [0.15, 0.2) is 12.1 Å². The zero-order chi connectivity index (χ0) is 13.8. The molecule has 0 aliphatic carbocycles. The lowest BCUT2D eigenvalue weighted by Crippen LogP contribution is -2.30. The second kappa shape index (κ2) is 6.29. The highest BCUT2D eigenvalue weighted by Crippen LogP contribution is 2.37. The highest BCUT2D eigenvalue weighted by molar-refractivity contribution is 5.49. The Morgan fingerprint density at radius 3 is 2.74 bits per heavy atom. The van der Waals surface area contributed by atoms with Crippen molar-refractivity contribution in [2.75, 3.05) is 20.3 Å². The maximum Gasteiger partial charge on any atom is 0.161 e. The fourth-order valence-corrected chi connectivity index (χ4v) is 2.76. The van der Waals surface area contributed by atoms with Gasteiger partial charge >= 0.3 is 0 Å². The fraction of sp³-hybridized carbons (Fsp3) is 0.625. The SMILES string of the molecule is CCOc1cc2c(cc1OC)CCNC2CC(C)C. The number of ether oxygens (including phenoxy) is 2. The van der Waals surface area contributed by atoms with Gasteiger partial charge in [0.05, 0.1) is 13.7 Å². The Kier molecular flexibility index (Phi) is 4.70. The van der Waals surface area contributed by atoms with Gasteiger partial charge in [-0.25, -0.2) is 0 Å². The van der Waals surface area contributed by atoms with Crippen molar-refractivity contribution in [3.8, 4) is 11.5 Å². The molecule has 19 heavy (non-hydrogen) atoms. The Morgan fingerprint density at radius 2 is 2.11 bits per heavy atom. The molecule has 0 spiro atoms. The molecule has 106 valence electrons. The molecule has 0 saturated heterocycles. The van der Waals surface area contributed by atoms with E-state index in [0.717, 1.165) is 30.9 Å². The zero-order valence-electron chi connectivity index (χ0n) is 12.5. The lowest BCUT2D eigenvalue weighted by molar-refractivity contribution is 0.308. The molecule has 2 rings (SSSR count).